The van der Waals surface area contributed by atoms with Crippen LogP contribution in [0.2, 0.25) is 0 Å². The molecule has 0 aliphatic rings. The van der Waals surface area contributed by atoms with E-state index in [-0.39, 0.29) is 12.6 Å². The number of esters is 1. The standard InChI is InChI=1S/C31H52O7/c1-2-3-4-5-6-7-8-9-10-11-12-13-14-15-31(33)38-27-25-36-23-21-34-20-22-35-24-26-37-30-18-16-29(28-32)17-19-30/h16-19,28H,2-15,20-27H2,1H3. The van der Waals surface area contributed by atoms with Gasteiger partial charge in [-0.1, -0.05) is 84.0 Å². The smallest absolute Gasteiger partial charge is 0.305 e. The molecule has 0 amide bonds. The van der Waals surface area contributed by atoms with Crippen LogP contribution in [-0.2, 0) is 23.7 Å². The topological polar surface area (TPSA) is 80.3 Å². The minimum absolute atomic E-state index is 0.132. The molecule has 0 radical (unpaired) electrons. The lowest BCUT2D eigenvalue weighted by atomic mass is 10.0. The molecule has 7 nitrogen and oxygen atoms in total. The normalized spacial score (nSPS) is 11.0. The summed E-state index contributed by atoms with van der Waals surface area (Å²) in [5.41, 5.74) is 0.621. The van der Waals surface area contributed by atoms with E-state index < -0.39 is 0 Å². The third-order valence-electron chi connectivity index (χ3n) is 6.23. The Hall–Kier alpha value is -1.96. The Morgan fingerprint density at radius 3 is 1.55 bits per heavy atom. The predicted octanol–water partition coefficient (Wildman–Crippen LogP) is 6.95. The molecule has 0 saturated carbocycles. The van der Waals surface area contributed by atoms with Crippen LogP contribution in [0.15, 0.2) is 24.3 Å². The van der Waals surface area contributed by atoms with Gasteiger partial charge >= 0.3 is 5.97 Å². The highest BCUT2D eigenvalue weighted by atomic mass is 16.6. The lowest BCUT2D eigenvalue weighted by molar-refractivity contribution is -0.145. The Labute approximate surface area is 230 Å². The third-order valence-corrected chi connectivity index (χ3v) is 6.23. The summed E-state index contributed by atoms with van der Waals surface area (Å²) in [6.45, 7) is 5.70. The van der Waals surface area contributed by atoms with E-state index in [1.807, 2.05) is 0 Å². The van der Waals surface area contributed by atoms with E-state index in [1.165, 1.54) is 70.6 Å². The second kappa shape index (κ2) is 26.6. The molecule has 0 spiro atoms. The fraction of sp³-hybridized carbons (Fsp3) is 0.742. The molecule has 0 bridgehead atoms. The van der Waals surface area contributed by atoms with Crippen molar-refractivity contribution < 1.29 is 33.3 Å². The van der Waals surface area contributed by atoms with E-state index in [0.717, 1.165) is 19.1 Å². The zero-order chi connectivity index (χ0) is 27.4. The van der Waals surface area contributed by atoms with Crippen LogP contribution in [0, 0.1) is 0 Å². The largest absolute Gasteiger partial charge is 0.491 e. The van der Waals surface area contributed by atoms with E-state index >= 15 is 0 Å². The molecule has 0 fully saturated rings. The van der Waals surface area contributed by atoms with Crippen molar-refractivity contribution in [2.45, 2.75) is 96.8 Å². The SMILES string of the molecule is CCCCCCCCCCCCCCCC(=O)OCCOCCOCCOCCOc1ccc(C=O)cc1. The van der Waals surface area contributed by atoms with Crippen LogP contribution in [-0.4, -0.2) is 65.1 Å². The summed E-state index contributed by atoms with van der Waals surface area (Å²) >= 11 is 0. The number of carbonyl (C=O) groups is 2. The van der Waals surface area contributed by atoms with Crippen molar-refractivity contribution in [2.75, 3.05) is 52.9 Å². The van der Waals surface area contributed by atoms with Gasteiger partial charge in [0.05, 0.1) is 39.6 Å². The van der Waals surface area contributed by atoms with Crippen LogP contribution in [0.25, 0.3) is 0 Å². The first-order chi connectivity index (χ1) is 18.8. The second-order valence-corrected chi connectivity index (χ2v) is 9.59. The minimum Gasteiger partial charge on any atom is -0.491 e. The van der Waals surface area contributed by atoms with Crippen LogP contribution < -0.4 is 4.74 Å². The van der Waals surface area contributed by atoms with Crippen LogP contribution in [0.4, 0.5) is 0 Å². The third kappa shape index (κ3) is 22.1. The lowest BCUT2D eigenvalue weighted by Gasteiger charge is -2.08. The van der Waals surface area contributed by atoms with E-state index in [2.05, 4.69) is 6.92 Å². The molecule has 0 saturated heterocycles. The van der Waals surface area contributed by atoms with Gasteiger partial charge in [0, 0.05) is 12.0 Å². The first kappa shape index (κ1) is 34.1. The van der Waals surface area contributed by atoms with Gasteiger partial charge in [0.1, 0.15) is 25.2 Å². The highest BCUT2D eigenvalue weighted by molar-refractivity contribution is 5.74. The summed E-state index contributed by atoms with van der Waals surface area (Å²) in [5, 5.41) is 0. The van der Waals surface area contributed by atoms with E-state index in [0.29, 0.717) is 64.0 Å². The molecule has 0 aromatic heterocycles. The van der Waals surface area contributed by atoms with Gasteiger partial charge in [0.15, 0.2) is 0 Å². The molecule has 7 heteroatoms. The van der Waals surface area contributed by atoms with Gasteiger partial charge in [-0.2, -0.15) is 0 Å². The maximum absolute atomic E-state index is 11.8. The minimum atomic E-state index is -0.132. The molecule has 0 N–H and O–H groups in total. The molecule has 0 aliphatic heterocycles. The van der Waals surface area contributed by atoms with Gasteiger partial charge in [-0.15, -0.1) is 0 Å². The highest BCUT2D eigenvalue weighted by Crippen LogP contribution is 2.13. The van der Waals surface area contributed by atoms with Crippen LogP contribution in [0.1, 0.15) is 107 Å². The summed E-state index contributed by atoms with van der Waals surface area (Å²) in [6.07, 6.45) is 18.2. The van der Waals surface area contributed by atoms with Crippen LogP contribution in [0.5, 0.6) is 5.75 Å². The zero-order valence-corrected chi connectivity index (χ0v) is 23.8. The quantitative estimate of drug-likeness (QED) is 0.0651. The fourth-order valence-corrected chi connectivity index (χ4v) is 3.98. The van der Waals surface area contributed by atoms with Crippen molar-refractivity contribution in [3.05, 3.63) is 29.8 Å². The highest BCUT2D eigenvalue weighted by Gasteiger charge is 2.03. The molecular weight excluding hydrogens is 484 g/mol. The summed E-state index contributed by atoms with van der Waals surface area (Å²) in [5.74, 6) is 0.574. The molecule has 218 valence electrons. The predicted molar refractivity (Wildman–Crippen MR) is 151 cm³/mol. The number of rotatable bonds is 28. The van der Waals surface area contributed by atoms with Gasteiger partial charge in [0.2, 0.25) is 0 Å². The summed E-state index contributed by atoms with van der Waals surface area (Å²) < 4.78 is 27.1. The average Bonchev–Trinajstić information content (AvgIpc) is 2.94. The van der Waals surface area contributed by atoms with Crippen LogP contribution >= 0.6 is 0 Å². The molecule has 0 unspecified atom stereocenters. The van der Waals surface area contributed by atoms with E-state index in [1.54, 1.807) is 24.3 Å². The van der Waals surface area contributed by atoms with Gasteiger partial charge in [-0.25, -0.2) is 0 Å². The Kier molecular flexibility index (Phi) is 23.9. The summed E-state index contributed by atoms with van der Waals surface area (Å²) in [7, 11) is 0. The number of carbonyl (C=O) groups excluding carboxylic acids is 2. The van der Waals surface area contributed by atoms with Crippen molar-refractivity contribution in [1.82, 2.24) is 0 Å². The van der Waals surface area contributed by atoms with Gasteiger partial charge in [0.25, 0.3) is 0 Å². The number of ether oxygens (including phenoxy) is 5. The Morgan fingerprint density at radius 1 is 0.605 bits per heavy atom. The van der Waals surface area contributed by atoms with E-state index in [9.17, 15) is 9.59 Å². The van der Waals surface area contributed by atoms with Crippen LogP contribution in [0.3, 0.4) is 0 Å². The number of benzene rings is 1. The Morgan fingerprint density at radius 2 is 1.05 bits per heavy atom. The molecule has 0 aliphatic carbocycles. The number of hydrogen-bond donors (Lipinski definition) is 0. The van der Waals surface area contributed by atoms with Gasteiger partial charge < -0.3 is 23.7 Å². The molecule has 0 atom stereocenters. The molecule has 1 rings (SSSR count). The number of hydrogen-bond acceptors (Lipinski definition) is 7. The van der Waals surface area contributed by atoms with Crippen molar-refractivity contribution in [3.63, 3.8) is 0 Å². The maximum Gasteiger partial charge on any atom is 0.305 e. The Bertz CT molecular complexity index is 663. The fourth-order valence-electron chi connectivity index (χ4n) is 3.98. The molecule has 0 heterocycles. The van der Waals surface area contributed by atoms with Crippen molar-refractivity contribution in [1.29, 1.82) is 0 Å². The molecule has 1 aromatic carbocycles. The molecule has 1 aromatic rings. The summed E-state index contributed by atoms with van der Waals surface area (Å²) in [6, 6.07) is 6.94. The summed E-state index contributed by atoms with van der Waals surface area (Å²) in [4.78, 5) is 22.4. The Balaban J connectivity index is 1.73. The molecular formula is C31H52O7. The second-order valence-electron chi connectivity index (χ2n) is 9.59. The van der Waals surface area contributed by atoms with Crippen molar-refractivity contribution >= 4 is 12.3 Å². The van der Waals surface area contributed by atoms with Crippen molar-refractivity contribution in [2.24, 2.45) is 0 Å². The maximum atomic E-state index is 11.8. The lowest BCUT2D eigenvalue weighted by Crippen LogP contribution is -2.14. The van der Waals surface area contributed by atoms with Gasteiger partial charge in [-0.3, -0.25) is 9.59 Å². The first-order valence-corrected chi connectivity index (χ1v) is 14.8. The van der Waals surface area contributed by atoms with Crippen molar-refractivity contribution in [3.8, 4) is 5.75 Å². The number of unbranched alkanes of at least 4 members (excludes halogenated alkanes) is 12. The number of aldehydes is 1. The average molecular weight is 537 g/mol. The van der Waals surface area contributed by atoms with E-state index in [4.69, 9.17) is 23.7 Å². The zero-order valence-electron chi connectivity index (χ0n) is 23.8. The monoisotopic (exact) mass is 536 g/mol. The van der Waals surface area contributed by atoms with Gasteiger partial charge in [-0.05, 0) is 30.7 Å². The first-order valence-electron chi connectivity index (χ1n) is 14.8. The molecule has 38 heavy (non-hydrogen) atoms.